The van der Waals surface area contributed by atoms with Gasteiger partial charge in [-0.1, -0.05) is 48.5 Å². The van der Waals surface area contributed by atoms with E-state index in [1.54, 1.807) is 24.3 Å². The lowest BCUT2D eigenvalue weighted by molar-refractivity contribution is -0.135. The van der Waals surface area contributed by atoms with E-state index in [2.05, 4.69) is 34.5 Å². The molecule has 1 aliphatic rings. The molecule has 0 aliphatic carbocycles. The predicted molar refractivity (Wildman–Crippen MR) is 151 cm³/mol. The molecule has 1 unspecified atom stereocenters. The van der Waals surface area contributed by atoms with Gasteiger partial charge in [0.15, 0.2) is 11.8 Å². The van der Waals surface area contributed by atoms with Gasteiger partial charge >= 0.3 is 0 Å². The van der Waals surface area contributed by atoms with Crippen LogP contribution in [0.25, 0.3) is 11.1 Å². The third-order valence-corrected chi connectivity index (χ3v) is 6.89. The van der Waals surface area contributed by atoms with Crippen molar-refractivity contribution in [2.45, 2.75) is 19.2 Å². The van der Waals surface area contributed by atoms with Crippen LogP contribution in [0.1, 0.15) is 21.5 Å². The lowest BCUT2D eigenvalue weighted by atomic mass is 10.0. The molecular weight excluding hydrogens is 510 g/mol. The highest BCUT2D eigenvalue weighted by Gasteiger charge is 2.32. The number of nitrogens with one attached hydrogen (secondary N) is 1. The maximum Gasteiger partial charge on any atom is 0.254 e. The van der Waals surface area contributed by atoms with Crippen molar-refractivity contribution in [1.29, 1.82) is 0 Å². The topological polar surface area (TPSA) is 108 Å². The number of ketones is 1. The quantitative estimate of drug-likeness (QED) is 0.357. The van der Waals surface area contributed by atoms with E-state index in [-0.39, 0.29) is 0 Å². The first kappa shape index (κ1) is 28.9. The number of ether oxygens (including phenoxy) is 2. The molecule has 9 heteroatoms. The predicted octanol–water partition coefficient (Wildman–Crippen LogP) is 2.51. The summed E-state index contributed by atoms with van der Waals surface area (Å²) in [4.78, 5) is 40.5. The van der Waals surface area contributed by atoms with Crippen molar-refractivity contribution < 1.29 is 29.0 Å². The van der Waals surface area contributed by atoms with Crippen LogP contribution in [0.4, 0.5) is 0 Å². The highest BCUT2D eigenvalue weighted by molar-refractivity contribution is 6.10. The molecule has 4 rings (SSSR count). The number of amides is 2. The van der Waals surface area contributed by atoms with Crippen molar-refractivity contribution in [3.63, 3.8) is 0 Å². The summed E-state index contributed by atoms with van der Waals surface area (Å²) in [6, 6.07) is 21.7. The van der Waals surface area contributed by atoms with Crippen LogP contribution in [0, 0.1) is 0 Å². The minimum atomic E-state index is -1.40. The second kappa shape index (κ2) is 13.8. The van der Waals surface area contributed by atoms with E-state index in [4.69, 9.17) is 9.47 Å². The van der Waals surface area contributed by atoms with Gasteiger partial charge in [0, 0.05) is 39.3 Å². The Kier molecular flexibility index (Phi) is 10.0. The van der Waals surface area contributed by atoms with E-state index in [1.165, 1.54) is 19.7 Å². The monoisotopic (exact) mass is 545 g/mol. The molecule has 0 saturated carbocycles. The first-order chi connectivity index (χ1) is 19.4. The molecule has 0 radical (unpaired) electrons. The molecular formula is C31H35N3O6. The highest BCUT2D eigenvalue weighted by Crippen LogP contribution is 2.24. The first-order valence-corrected chi connectivity index (χ1v) is 13.2. The summed E-state index contributed by atoms with van der Waals surface area (Å²) >= 11 is 0. The fraction of sp³-hybridized carbons (Fsp3) is 0.323. The summed E-state index contributed by atoms with van der Waals surface area (Å²) in [5, 5.41) is 11.6. The van der Waals surface area contributed by atoms with Crippen molar-refractivity contribution in [1.82, 2.24) is 15.1 Å². The SMILES string of the molecule is CNC(=O)C(C(=O)CO)N(C)C(=O)c1ccc(-c2ccc(OCc3cccc(CN4CCOCC4)c3)cc2)cc1. The summed E-state index contributed by atoms with van der Waals surface area (Å²) in [5.74, 6) is -1.16. The van der Waals surface area contributed by atoms with Crippen LogP contribution < -0.4 is 10.1 Å². The lowest BCUT2D eigenvalue weighted by Crippen LogP contribution is -2.52. The van der Waals surface area contributed by atoms with Crippen molar-refractivity contribution in [3.8, 4) is 16.9 Å². The van der Waals surface area contributed by atoms with Gasteiger partial charge in [-0.25, -0.2) is 0 Å². The van der Waals surface area contributed by atoms with Gasteiger partial charge < -0.3 is 24.8 Å². The zero-order valence-corrected chi connectivity index (χ0v) is 22.8. The van der Waals surface area contributed by atoms with E-state index >= 15 is 0 Å². The molecule has 3 aromatic rings. The zero-order chi connectivity index (χ0) is 28.5. The van der Waals surface area contributed by atoms with E-state index in [1.807, 2.05) is 24.3 Å². The molecule has 3 aromatic carbocycles. The van der Waals surface area contributed by atoms with Gasteiger partial charge in [0.1, 0.15) is 19.0 Å². The van der Waals surface area contributed by atoms with Crippen molar-refractivity contribution >= 4 is 17.6 Å². The van der Waals surface area contributed by atoms with Gasteiger partial charge in [0.25, 0.3) is 5.91 Å². The molecule has 0 aromatic heterocycles. The molecule has 1 saturated heterocycles. The number of hydrogen-bond donors (Lipinski definition) is 2. The van der Waals surface area contributed by atoms with E-state index in [0.717, 1.165) is 60.2 Å². The fourth-order valence-electron chi connectivity index (χ4n) is 4.63. The summed E-state index contributed by atoms with van der Waals surface area (Å²) in [7, 11) is 2.73. The third-order valence-electron chi connectivity index (χ3n) is 6.89. The van der Waals surface area contributed by atoms with Crippen LogP contribution in [0.15, 0.2) is 72.8 Å². The van der Waals surface area contributed by atoms with Crippen LogP contribution >= 0.6 is 0 Å². The molecule has 0 spiro atoms. The summed E-state index contributed by atoms with van der Waals surface area (Å²) in [6.07, 6.45) is 0. The zero-order valence-electron chi connectivity index (χ0n) is 22.8. The molecule has 2 amide bonds. The van der Waals surface area contributed by atoms with Crippen LogP contribution in [0.5, 0.6) is 5.75 Å². The number of carbonyl (C=O) groups excluding carboxylic acids is 3. The minimum Gasteiger partial charge on any atom is -0.489 e. The third kappa shape index (κ3) is 7.32. The Morgan fingerprint density at radius 3 is 2.23 bits per heavy atom. The normalized spacial score (nSPS) is 14.3. The highest BCUT2D eigenvalue weighted by atomic mass is 16.5. The number of Topliss-reactive ketones (excluding diaryl/α,β-unsaturated/α-hetero) is 1. The van der Waals surface area contributed by atoms with Crippen molar-refractivity contribution in [2.24, 2.45) is 0 Å². The van der Waals surface area contributed by atoms with Crippen LogP contribution in [-0.2, 0) is 27.5 Å². The number of benzene rings is 3. The number of aliphatic hydroxyl groups is 1. The van der Waals surface area contributed by atoms with Gasteiger partial charge in [0.05, 0.1) is 13.2 Å². The second-order valence-electron chi connectivity index (χ2n) is 9.66. The molecule has 9 nitrogen and oxygen atoms in total. The molecule has 2 N–H and O–H groups in total. The molecule has 40 heavy (non-hydrogen) atoms. The number of morpholine rings is 1. The van der Waals surface area contributed by atoms with E-state index in [9.17, 15) is 19.5 Å². The van der Waals surface area contributed by atoms with Gasteiger partial charge in [-0.15, -0.1) is 0 Å². The number of likely N-dealkylation sites (N-methyl/N-ethyl adjacent to an activating group) is 2. The Balaban J connectivity index is 1.35. The molecule has 1 aliphatic heterocycles. The van der Waals surface area contributed by atoms with Gasteiger partial charge in [-0.2, -0.15) is 0 Å². The smallest absolute Gasteiger partial charge is 0.254 e. The van der Waals surface area contributed by atoms with Gasteiger partial charge in [0.2, 0.25) is 5.91 Å². The molecule has 1 atom stereocenters. The minimum absolute atomic E-state index is 0.321. The molecule has 1 heterocycles. The molecule has 0 bridgehead atoms. The van der Waals surface area contributed by atoms with Crippen molar-refractivity contribution in [2.75, 3.05) is 47.0 Å². The number of nitrogens with zero attached hydrogens (tertiary/aromatic N) is 2. The lowest BCUT2D eigenvalue weighted by Gasteiger charge is -2.26. The fourth-order valence-corrected chi connectivity index (χ4v) is 4.63. The summed E-state index contributed by atoms with van der Waals surface area (Å²) in [6.45, 7) is 4.01. The Morgan fingerprint density at radius 2 is 1.60 bits per heavy atom. The Labute approximate surface area is 234 Å². The maximum absolute atomic E-state index is 12.9. The summed E-state index contributed by atoms with van der Waals surface area (Å²) < 4.78 is 11.5. The Bertz CT molecular complexity index is 1290. The number of rotatable bonds is 11. The van der Waals surface area contributed by atoms with E-state index in [0.29, 0.717) is 12.2 Å². The van der Waals surface area contributed by atoms with Gasteiger partial charge in [-0.05, 0) is 46.5 Å². The molecule has 210 valence electrons. The average molecular weight is 546 g/mol. The number of hydrogen-bond acceptors (Lipinski definition) is 7. The second-order valence-corrected chi connectivity index (χ2v) is 9.66. The van der Waals surface area contributed by atoms with Crippen molar-refractivity contribution in [3.05, 3.63) is 89.5 Å². The van der Waals surface area contributed by atoms with Crippen LogP contribution in [0.3, 0.4) is 0 Å². The number of aliphatic hydroxyl groups excluding tert-OH is 1. The Morgan fingerprint density at radius 1 is 0.975 bits per heavy atom. The largest absolute Gasteiger partial charge is 0.489 e. The standard InChI is InChI=1S/C31H35N3O6/c1-32-30(37)29(28(36)20-35)33(2)31(38)26-8-6-24(7-9-26)25-10-12-27(13-11-25)40-21-23-5-3-4-22(18-23)19-34-14-16-39-17-15-34/h3-13,18,29,35H,14-17,19-21H2,1-2H3,(H,32,37). The van der Waals surface area contributed by atoms with Crippen LogP contribution in [-0.4, -0.2) is 85.6 Å². The number of carbonyl (C=O) groups is 3. The maximum atomic E-state index is 12.9. The first-order valence-electron chi connectivity index (χ1n) is 13.2. The van der Waals surface area contributed by atoms with Gasteiger partial charge in [-0.3, -0.25) is 19.3 Å². The van der Waals surface area contributed by atoms with Crippen LogP contribution in [0.2, 0.25) is 0 Å². The molecule has 1 fully saturated rings. The average Bonchev–Trinajstić information content (AvgIpc) is 3.00. The summed E-state index contributed by atoms with van der Waals surface area (Å²) in [5.41, 5.74) is 4.54. The van der Waals surface area contributed by atoms with E-state index < -0.39 is 30.2 Å². The Hall–Kier alpha value is -4.05.